The zero-order chi connectivity index (χ0) is 23.9. The summed E-state index contributed by atoms with van der Waals surface area (Å²) in [6.07, 6.45) is 0.780. The first-order valence-corrected chi connectivity index (χ1v) is 12.6. The van der Waals surface area contributed by atoms with Crippen molar-refractivity contribution in [3.05, 3.63) is 40.9 Å². The van der Waals surface area contributed by atoms with Crippen LogP contribution in [0.5, 0.6) is 17.2 Å². The molecule has 0 unspecified atom stereocenters. The summed E-state index contributed by atoms with van der Waals surface area (Å²) in [5, 5.41) is 5.51. The predicted octanol–water partition coefficient (Wildman–Crippen LogP) is 2.12. The molecule has 10 nitrogen and oxygen atoms in total. The minimum Gasteiger partial charge on any atom is -0.482 e. The SMILES string of the molecule is O=C1COc2cc(S(=O)(=O)N3CCC(C(=O)NCc4ccc5c(c4)OCO5)CC3)c(Cl)cc2N1. The molecule has 3 aliphatic rings. The summed E-state index contributed by atoms with van der Waals surface area (Å²) in [6, 6.07) is 8.20. The Morgan fingerprint density at radius 2 is 1.85 bits per heavy atom. The minimum atomic E-state index is -3.90. The van der Waals surface area contributed by atoms with Gasteiger partial charge in [0, 0.05) is 31.6 Å². The fourth-order valence-corrected chi connectivity index (χ4v) is 6.15. The Morgan fingerprint density at radius 1 is 1.09 bits per heavy atom. The topological polar surface area (TPSA) is 123 Å². The minimum absolute atomic E-state index is 0.00635. The normalized spacial score (nSPS) is 18.1. The molecule has 1 saturated heterocycles. The van der Waals surface area contributed by atoms with E-state index in [1.807, 2.05) is 12.1 Å². The Morgan fingerprint density at radius 3 is 2.65 bits per heavy atom. The van der Waals surface area contributed by atoms with Gasteiger partial charge in [-0.1, -0.05) is 17.7 Å². The van der Waals surface area contributed by atoms with Gasteiger partial charge in [-0.05, 0) is 36.6 Å². The van der Waals surface area contributed by atoms with E-state index in [1.54, 1.807) is 6.07 Å². The van der Waals surface area contributed by atoms with Gasteiger partial charge < -0.3 is 24.8 Å². The molecule has 5 rings (SSSR count). The van der Waals surface area contributed by atoms with Crippen LogP contribution in [0.15, 0.2) is 35.2 Å². The van der Waals surface area contributed by atoms with Crippen LogP contribution in [-0.2, 0) is 26.2 Å². The van der Waals surface area contributed by atoms with E-state index in [0.717, 1.165) is 5.56 Å². The van der Waals surface area contributed by atoms with Gasteiger partial charge in [-0.15, -0.1) is 0 Å². The lowest BCUT2D eigenvalue weighted by Gasteiger charge is -2.31. The summed E-state index contributed by atoms with van der Waals surface area (Å²) < 4.78 is 43.7. The van der Waals surface area contributed by atoms with Crippen LogP contribution in [0.2, 0.25) is 5.02 Å². The predicted molar refractivity (Wildman–Crippen MR) is 121 cm³/mol. The number of sulfonamides is 1. The number of hydrogen-bond acceptors (Lipinski definition) is 7. The fraction of sp³-hybridized carbons (Fsp3) is 0.364. The van der Waals surface area contributed by atoms with Gasteiger partial charge in [-0.25, -0.2) is 8.42 Å². The maximum atomic E-state index is 13.2. The zero-order valence-corrected chi connectivity index (χ0v) is 19.6. The monoisotopic (exact) mass is 507 g/mol. The molecule has 0 atom stereocenters. The van der Waals surface area contributed by atoms with E-state index >= 15 is 0 Å². The molecule has 12 heteroatoms. The van der Waals surface area contributed by atoms with Crippen LogP contribution in [0.1, 0.15) is 18.4 Å². The number of anilines is 1. The number of benzene rings is 2. The van der Waals surface area contributed by atoms with E-state index in [2.05, 4.69) is 10.6 Å². The Balaban J connectivity index is 1.20. The summed E-state index contributed by atoms with van der Waals surface area (Å²) >= 11 is 6.23. The van der Waals surface area contributed by atoms with Gasteiger partial charge in [0.25, 0.3) is 5.91 Å². The van der Waals surface area contributed by atoms with Crippen molar-refractivity contribution in [3.8, 4) is 17.2 Å². The number of ether oxygens (including phenoxy) is 3. The van der Waals surface area contributed by atoms with Crippen LogP contribution in [0.25, 0.3) is 0 Å². The van der Waals surface area contributed by atoms with Gasteiger partial charge in [0.2, 0.25) is 22.7 Å². The van der Waals surface area contributed by atoms with E-state index in [4.69, 9.17) is 25.8 Å². The first-order chi connectivity index (χ1) is 16.3. The third-order valence-electron chi connectivity index (χ3n) is 6.01. The zero-order valence-electron chi connectivity index (χ0n) is 18.0. The number of nitrogens with zero attached hydrogens (tertiary/aromatic N) is 1. The van der Waals surface area contributed by atoms with Crippen LogP contribution >= 0.6 is 11.6 Å². The van der Waals surface area contributed by atoms with Gasteiger partial charge >= 0.3 is 0 Å². The molecule has 2 aromatic carbocycles. The summed E-state index contributed by atoms with van der Waals surface area (Å²) in [4.78, 5) is 24.1. The van der Waals surface area contributed by atoms with Gasteiger partial charge in [0.1, 0.15) is 10.6 Å². The average Bonchev–Trinajstić information content (AvgIpc) is 3.30. The number of fused-ring (bicyclic) bond motifs is 2. The highest BCUT2D eigenvalue weighted by Gasteiger charge is 2.34. The Hall–Kier alpha value is -3.02. The number of nitrogens with one attached hydrogen (secondary N) is 2. The third-order valence-corrected chi connectivity index (χ3v) is 8.38. The van der Waals surface area contributed by atoms with Crippen molar-refractivity contribution in [1.29, 1.82) is 0 Å². The van der Waals surface area contributed by atoms with Gasteiger partial charge in [0.05, 0.1) is 10.7 Å². The van der Waals surface area contributed by atoms with Crippen molar-refractivity contribution in [2.45, 2.75) is 24.3 Å². The molecule has 2 N–H and O–H groups in total. The van der Waals surface area contributed by atoms with E-state index in [-0.39, 0.29) is 59.9 Å². The largest absolute Gasteiger partial charge is 0.482 e. The van der Waals surface area contributed by atoms with Crippen molar-refractivity contribution in [2.24, 2.45) is 5.92 Å². The maximum absolute atomic E-state index is 13.2. The molecule has 3 heterocycles. The van der Waals surface area contributed by atoms with Crippen LogP contribution < -0.4 is 24.8 Å². The molecular weight excluding hydrogens is 486 g/mol. The number of hydrogen-bond donors (Lipinski definition) is 2. The number of carbonyl (C=O) groups excluding carboxylic acids is 2. The molecule has 3 aliphatic heterocycles. The van der Waals surface area contributed by atoms with E-state index < -0.39 is 10.0 Å². The quantitative estimate of drug-likeness (QED) is 0.635. The standard InChI is InChI=1S/C22H22ClN3O7S/c23-15-8-16-18(31-11-21(27)25-16)9-20(15)34(29,30)26-5-3-14(4-6-26)22(28)24-10-13-1-2-17-19(7-13)33-12-32-17/h1-2,7-9,14H,3-6,10-12H2,(H,24,28)(H,25,27). The molecule has 2 aromatic rings. The van der Waals surface area contributed by atoms with Gasteiger partial charge in [0.15, 0.2) is 18.1 Å². The van der Waals surface area contributed by atoms with Crippen LogP contribution in [0.3, 0.4) is 0 Å². The van der Waals surface area contributed by atoms with Gasteiger partial charge in [-0.2, -0.15) is 4.31 Å². The van der Waals surface area contributed by atoms with E-state index in [0.29, 0.717) is 36.6 Å². The maximum Gasteiger partial charge on any atom is 0.262 e. The second-order valence-corrected chi connectivity index (χ2v) is 10.5. The summed E-state index contributed by atoms with van der Waals surface area (Å²) in [6.45, 7) is 0.716. The molecule has 2 amide bonds. The highest BCUT2D eigenvalue weighted by atomic mass is 35.5. The summed E-state index contributed by atoms with van der Waals surface area (Å²) in [5.74, 6) is 0.833. The fourth-order valence-electron chi connectivity index (χ4n) is 4.16. The molecule has 1 fully saturated rings. The lowest BCUT2D eigenvalue weighted by molar-refractivity contribution is -0.126. The molecular formula is C22H22ClN3O7S. The Kier molecular flexibility index (Phi) is 6.00. The van der Waals surface area contributed by atoms with Gasteiger partial charge in [-0.3, -0.25) is 9.59 Å². The van der Waals surface area contributed by atoms with E-state index in [1.165, 1.54) is 16.4 Å². The highest BCUT2D eigenvalue weighted by Crippen LogP contribution is 2.37. The first-order valence-electron chi connectivity index (χ1n) is 10.7. The number of amides is 2. The second-order valence-electron chi connectivity index (χ2n) is 8.20. The summed E-state index contributed by atoms with van der Waals surface area (Å²) in [7, 11) is -3.90. The van der Waals surface area contributed by atoms with Crippen LogP contribution in [-0.4, -0.2) is 51.0 Å². The smallest absolute Gasteiger partial charge is 0.262 e. The molecule has 180 valence electrons. The Bertz CT molecular complexity index is 1260. The number of halogens is 1. The lowest BCUT2D eigenvalue weighted by Crippen LogP contribution is -2.43. The van der Waals surface area contributed by atoms with Crippen LogP contribution in [0.4, 0.5) is 5.69 Å². The second kappa shape index (κ2) is 8.97. The van der Waals surface area contributed by atoms with Crippen molar-refractivity contribution >= 4 is 39.1 Å². The molecule has 0 spiro atoms. The molecule has 0 aliphatic carbocycles. The first kappa shape index (κ1) is 22.8. The summed E-state index contributed by atoms with van der Waals surface area (Å²) in [5.41, 5.74) is 1.22. The van der Waals surface area contributed by atoms with E-state index in [9.17, 15) is 18.0 Å². The molecule has 0 saturated carbocycles. The number of piperidine rings is 1. The number of rotatable bonds is 5. The third kappa shape index (κ3) is 4.38. The Labute approximate surface area is 201 Å². The average molecular weight is 508 g/mol. The van der Waals surface area contributed by atoms with Crippen molar-refractivity contribution in [2.75, 3.05) is 31.8 Å². The highest BCUT2D eigenvalue weighted by molar-refractivity contribution is 7.89. The number of carbonyl (C=O) groups is 2. The van der Waals surface area contributed by atoms with Crippen LogP contribution in [0, 0.1) is 5.92 Å². The van der Waals surface area contributed by atoms with Crippen molar-refractivity contribution < 1.29 is 32.2 Å². The molecule has 0 bridgehead atoms. The van der Waals surface area contributed by atoms with Crippen molar-refractivity contribution in [1.82, 2.24) is 9.62 Å². The molecule has 0 aromatic heterocycles. The lowest BCUT2D eigenvalue weighted by atomic mass is 9.97. The van der Waals surface area contributed by atoms with Crippen molar-refractivity contribution in [3.63, 3.8) is 0 Å². The molecule has 34 heavy (non-hydrogen) atoms. The molecule has 0 radical (unpaired) electrons.